The molecule has 2 aromatic rings. The van der Waals surface area contributed by atoms with Crippen LogP contribution in [0.2, 0.25) is 0 Å². The summed E-state index contributed by atoms with van der Waals surface area (Å²) in [7, 11) is 0. The minimum absolute atomic E-state index is 0. The van der Waals surface area contributed by atoms with Crippen molar-refractivity contribution >= 4 is 22.7 Å². The van der Waals surface area contributed by atoms with Crippen LogP contribution in [0.3, 0.4) is 0 Å². The molecule has 4 nitrogen and oxygen atoms in total. The summed E-state index contributed by atoms with van der Waals surface area (Å²) in [5.74, 6) is 0. The Morgan fingerprint density at radius 2 is 0.941 bits per heavy atom. The third kappa shape index (κ3) is 5.27. The van der Waals surface area contributed by atoms with Crippen molar-refractivity contribution < 1.29 is 21.1 Å². The number of benzene rings is 2. The Kier molecular flexibility index (Phi) is 6.83. The Balaban J connectivity index is 0.000000284. The van der Waals surface area contributed by atoms with E-state index in [0.717, 1.165) is 0 Å². The molecule has 0 heterocycles. The van der Waals surface area contributed by atoms with Crippen LogP contribution in [0.25, 0.3) is 11.5 Å². The normalized spacial score (nSPS) is 8.47. The number of nitrogens with one attached hydrogen (secondary N) is 2. The maximum absolute atomic E-state index is 7.09. The van der Waals surface area contributed by atoms with Crippen LogP contribution in [0, 0.1) is 0 Å². The summed E-state index contributed by atoms with van der Waals surface area (Å²) in [6.45, 7) is 0. The van der Waals surface area contributed by atoms with Gasteiger partial charge in [0.2, 0.25) is 0 Å². The van der Waals surface area contributed by atoms with E-state index in [2.05, 4.69) is 0 Å². The number of hydrogen-bond donors (Lipinski definition) is 2. The second kappa shape index (κ2) is 7.58. The van der Waals surface area contributed by atoms with Crippen molar-refractivity contribution in [2.24, 2.45) is 0 Å². The molecule has 0 saturated heterocycles. The molecule has 0 atom stereocenters. The van der Waals surface area contributed by atoms with E-state index in [-0.39, 0.29) is 21.1 Å². The van der Waals surface area contributed by atoms with E-state index in [9.17, 15) is 0 Å². The Hall–Kier alpha value is -1.67. The van der Waals surface area contributed by atoms with Crippen LogP contribution in [0.1, 0.15) is 0 Å². The van der Waals surface area contributed by atoms with Gasteiger partial charge in [0.05, 0.1) is 0 Å². The van der Waals surface area contributed by atoms with Crippen molar-refractivity contribution in [2.45, 2.75) is 0 Å². The van der Waals surface area contributed by atoms with Gasteiger partial charge in [0.1, 0.15) is 0 Å². The second-order valence-corrected chi connectivity index (χ2v) is 3.17. The first kappa shape index (κ1) is 15.3. The van der Waals surface area contributed by atoms with Crippen molar-refractivity contribution in [3.8, 4) is 0 Å². The smallest absolute Gasteiger partial charge is 0.697 e. The Morgan fingerprint density at radius 1 is 0.647 bits per heavy atom. The maximum Gasteiger partial charge on any atom is 2.00 e. The van der Waals surface area contributed by atoms with Gasteiger partial charge in [-0.05, 0) is 12.1 Å². The van der Waals surface area contributed by atoms with E-state index in [1.807, 2.05) is 12.1 Å². The van der Waals surface area contributed by atoms with E-state index in [0.29, 0.717) is 22.7 Å². The molecule has 0 aromatic heterocycles. The largest absolute Gasteiger partial charge is 2.00 e. The Morgan fingerprint density at radius 3 is 1.12 bits per heavy atom. The first-order chi connectivity index (χ1) is 7.61. The fourth-order valence-electron chi connectivity index (χ4n) is 0.994. The number of rotatable bonds is 0. The fourth-order valence-corrected chi connectivity index (χ4v) is 0.994. The summed E-state index contributed by atoms with van der Waals surface area (Å²) in [6, 6.07) is 14.0. The Labute approximate surface area is 115 Å². The number of anilines is 2. The molecule has 5 heteroatoms. The molecule has 0 amide bonds. The molecule has 0 aliphatic carbocycles. The zero-order chi connectivity index (χ0) is 12.0. The number of hydrogen-bond acceptors (Lipinski definition) is 2. The molecule has 0 aliphatic rings. The van der Waals surface area contributed by atoms with Crippen LogP contribution >= 0.6 is 0 Å². The number of nitrogens with two attached hydrogens (primary N) is 2. The fraction of sp³-hybridized carbons (Fsp3) is 0. The number of nitrogen functional groups attached to an aromatic ring is 2. The van der Waals surface area contributed by atoms with Crippen LogP contribution in [-0.4, -0.2) is 0 Å². The molecular weight excluding hydrogens is 395 g/mol. The topological polar surface area (TPSA) is 99.6 Å². The molecule has 17 heavy (non-hydrogen) atoms. The average molecular weight is 409 g/mol. The standard InChI is InChI=1S/2C6H7N2.Pt/c2*7-5-3-1-2-4-6(5)8;/h2*1-4,7H,8H2;/q2*-1;+2. The van der Waals surface area contributed by atoms with E-state index in [1.54, 1.807) is 36.4 Å². The van der Waals surface area contributed by atoms with Gasteiger partial charge in [-0.15, -0.1) is 11.4 Å². The minimum atomic E-state index is 0. The van der Waals surface area contributed by atoms with Gasteiger partial charge in [-0.3, -0.25) is 0 Å². The summed E-state index contributed by atoms with van der Waals surface area (Å²) < 4.78 is 0. The van der Waals surface area contributed by atoms with Gasteiger partial charge in [0.25, 0.3) is 0 Å². The van der Waals surface area contributed by atoms with E-state index in [1.165, 1.54) is 0 Å². The van der Waals surface area contributed by atoms with Crippen LogP contribution in [0.4, 0.5) is 22.7 Å². The van der Waals surface area contributed by atoms with Gasteiger partial charge >= 0.3 is 21.1 Å². The minimum Gasteiger partial charge on any atom is -0.697 e. The molecular formula is C12H14N4Pt. The van der Waals surface area contributed by atoms with Gasteiger partial charge in [0, 0.05) is 11.4 Å². The predicted molar refractivity (Wildman–Crippen MR) is 69.7 cm³/mol. The van der Waals surface area contributed by atoms with Crippen LogP contribution in [0.5, 0.6) is 0 Å². The molecule has 0 saturated carbocycles. The molecule has 0 spiro atoms. The molecule has 0 radical (unpaired) electrons. The van der Waals surface area contributed by atoms with Crippen molar-refractivity contribution in [2.75, 3.05) is 11.5 Å². The molecule has 92 valence electrons. The van der Waals surface area contributed by atoms with Crippen molar-refractivity contribution in [3.63, 3.8) is 0 Å². The SMILES string of the molecule is [NH-]c1ccccc1N.[NH-]c1ccccc1N.[Pt+2]. The van der Waals surface area contributed by atoms with Crippen LogP contribution in [0.15, 0.2) is 48.5 Å². The molecule has 2 aromatic carbocycles. The first-order valence-corrected chi connectivity index (χ1v) is 4.73. The van der Waals surface area contributed by atoms with Crippen molar-refractivity contribution in [3.05, 3.63) is 60.0 Å². The third-order valence-corrected chi connectivity index (χ3v) is 1.92. The molecule has 2 rings (SSSR count). The molecule has 0 unspecified atom stereocenters. The van der Waals surface area contributed by atoms with Crippen molar-refractivity contribution in [1.29, 1.82) is 0 Å². The van der Waals surface area contributed by atoms with Crippen LogP contribution in [-0.2, 0) is 21.1 Å². The van der Waals surface area contributed by atoms with Gasteiger partial charge in [-0.25, -0.2) is 0 Å². The summed E-state index contributed by atoms with van der Waals surface area (Å²) in [5, 5.41) is 0. The van der Waals surface area contributed by atoms with E-state index < -0.39 is 0 Å². The predicted octanol–water partition coefficient (Wildman–Crippen LogP) is 3.90. The summed E-state index contributed by atoms with van der Waals surface area (Å²) in [6.07, 6.45) is 0. The monoisotopic (exact) mass is 409 g/mol. The van der Waals surface area contributed by atoms with Gasteiger partial charge in [-0.1, -0.05) is 36.4 Å². The van der Waals surface area contributed by atoms with Gasteiger partial charge in [0.15, 0.2) is 0 Å². The van der Waals surface area contributed by atoms with E-state index >= 15 is 0 Å². The average Bonchev–Trinajstić information content (AvgIpc) is 2.28. The van der Waals surface area contributed by atoms with Crippen molar-refractivity contribution in [1.82, 2.24) is 0 Å². The van der Waals surface area contributed by atoms with Gasteiger partial charge in [-0.2, -0.15) is 0 Å². The molecule has 6 N–H and O–H groups in total. The zero-order valence-corrected chi connectivity index (χ0v) is 11.4. The second-order valence-electron chi connectivity index (χ2n) is 3.17. The number of para-hydroxylation sites is 2. The maximum atomic E-state index is 7.09. The van der Waals surface area contributed by atoms with E-state index in [4.69, 9.17) is 22.9 Å². The Bertz CT molecular complexity index is 374. The molecule has 0 aliphatic heterocycles. The summed E-state index contributed by atoms with van der Waals surface area (Å²) in [5.41, 5.74) is 26.7. The molecule has 0 fully saturated rings. The zero-order valence-electron chi connectivity index (χ0n) is 9.09. The first-order valence-electron chi connectivity index (χ1n) is 4.73. The third-order valence-electron chi connectivity index (χ3n) is 1.92. The molecule has 0 bridgehead atoms. The van der Waals surface area contributed by atoms with Gasteiger partial charge < -0.3 is 22.9 Å². The quantitative estimate of drug-likeness (QED) is 0.645. The summed E-state index contributed by atoms with van der Waals surface area (Å²) >= 11 is 0. The van der Waals surface area contributed by atoms with Crippen LogP contribution < -0.4 is 11.5 Å². The summed E-state index contributed by atoms with van der Waals surface area (Å²) in [4.78, 5) is 0.